The molecule has 3 heterocycles. The Morgan fingerprint density at radius 1 is 1.23 bits per heavy atom. The molecular weight excluding hydrogens is 278 g/mol. The number of nitrogens with one attached hydrogen (secondary N) is 1. The number of piperidine rings is 1. The van der Waals surface area contributed by atoms with Crippen molar-refractivity contribution in [2.24, 2.45) is 0 Å². The van der Waals surface area contributed by atoms with Crippen molar-refractivity contribution in [3.8, 4) is 0 Å². The third-order valence-electron chi connectivity index (χ3n) is 4.25. The largest absolute Gasteiger partial charge is 0.353 e. The van der Waals surface area contributed by atoms with Gasteiger partial charge in [-0.15, -0.1) is 0 Å². The number of anilines is 1. The van der Waals surface area contributed by atoms with Crippen molar-refractivity contribution in [2.75, 3.05) is 11.4 Å². The predicted molar refractivity (Wildman–Crippen MR) is 84.3 cm³/mol. The van der Waals surface area contributed by atoms with Gasteiger partial charge in [0.15, 0.2) is 0 Å². The molecule has 22 heavy (non-hydrogen) atoms. The van der Waals surface area contributed by atoms with Gasteiger partial charge in [-0.05, 0) is 18.1 Å². The number of fused-ring (bicyclic) bond motifs is 3. The quantitative estimate of drug-likeness (QED) is 0.815. The second-order valence-electron chi connectivity index (χ2n) is 5.60. The zero-order valence-electron chi connectivity index (χ0n) is 12.0. The average molecular weight is 293 g/mol. The van der Waals surface area contributed by atoms with Crippen molar-refractivity contribution in [3.05, 3.63) is 42.1 Å². The second-order valence-corrected chi connectivity index (χ2v) is 5.60. The average Bonchev–Trinajstić information content (AvgIpc) is 2.54. The number of rotatable bonds is 1. The van der Waals surface area contributed by atoms with Crippen molar-refractivity contribution >= 4 is 34.5 Å². The van der Waals surface area contributed by atoms with Crippen LogP contribution in [0.25, 0.3) is 17.0 Å². The van der Waals surface area contributed by atoms with Crippen molar-refractivity contribution in [3.63, 3.8) is 0 Å². The number of benzene rings is 1. The molecule has 0 aliphatic carbocycles. The molecule has 4 rings (SSSR count). The summed E-state index contributed by atoms with van der Waals surface area (Å²) in [5.74, 6) is -0.407. The van der Waals surface area contributed by atoms with E-state index >= 15 is 0 Å². The van der Waals surface area contributed by atoms with Crippen LogP contribution in [0.15, 0.2) is 36.5 Å². The molecular formula is C17H15N3O2. The standard InChI is InChI=1S/C17H15N3O2/c21-14-8-7-13(17(22)19-14)20-10-2-4-12-6-5-11-3-1-9-18-15(11)16(12)20/h1-6,9,13H,7-8,10H2,(H,19,21,22). The van der Waals surface area contributed by atoms with E-state index in [9.17, 15) is 9.59 Å². The minimum Gasteiger partial charge on any atom is -0.353 e. The maximum absolute atomic E-state index is 12.2. The number of nitrogens with zero attached hydrogens (tertiary/aromatic N) is 2. The Labute approximate surface area is 127 Å². The molecule has 1 N–H and O–H groups in total. The predicted octanol–water partition coefficient (Wildman–Crippen LogP) is 1.87. The zero-order valence-corrected chi connectivity index (χ0v) is 12.0. The number of imide groups is 1. The van der Waals surface area contributed by atoms with Crippen LogP contribution < -0.4 is 10.2 Å². The first kappa shape index (κ1) is 13.0. The summed E-state index contributed by atoms with van der Waals surface area (Å²) in [6.45, 7) is 0.648. The number of hydrogen-bond acceptors (Lipinski definition) is 4. The lowest BCUT2D eigenvalue weighted by Gasteiger charge is -2.36. The molecule has 2 aromatic rings. The van der Waals surface area contributed by atoms with E-state index in [1.165, 1.54) is 0 Å². The van der Waals surface area contributed by atoms with Crippen molar-refractivity contribution < 1.29 is 9.59 Å². The summed E-state index contributed by atoms with van der Waals surface area (Å²) >= 11 is 0. The van der Waals surface area contributed by atoms with Crippen LogP contribution in [-0.2, 0) is 9.59 Å². The Hall–Kier alpha value is -2.69. The summed E-state index contributed by atoms with van der Waals surface area (Å²) in [7, 11) is 0. The molecule has 1 saturated heterocycles. The van der Waals surface area contributed by atoms with Crippen LogP contribution in [0.5, 0.6) is 0 Å². The number of pyridine rings is 1. The van der Waals surface area contributed by atoms with Gasteiger partial charge in [0.05, 0.1) is 11.2 Å². The Morgan fingerprint density at radius 3 is 3.00 bits per heavy atom. The minimum atomic E-state index is -0.325. The van der Waals surface area contributed by atoms with E-state index in [2.05, 4.69) is 21.3 Å². The smallest absolute Gasteiger partial charge is 0.249 e. The molecule has 2 aliphatic rings. The molecule has 0 radical (unpaired) electrons. The first-order chi connectivity index (χ1) is 10.7. The lowest BCUT2D eigenvalue weighted by molar-refractivity contribution is -0.134. The third-order valence-corrected chi connectivity index (χ3v) is 4.25. The van der Waals surface area contributed by atoms with Gasteiger partial charge in [-0.25, -0.2) is 0 Å². The van der Waals surface area contributed by atoms with Crippen LogP contribution in [0.3, 0.4) is 0 Å². The van der Waals surface area contributed by atoms with Crippen molar-refractivity contribution in [1.29, 1.82) is 0 Å². The van der Waals surface area contributed by atoms with Gasteiger partial charge < -0.3 is 4.90 Å². The molecule has 1 unspecified atom stereocenters. The number of hydrogen-bond donors (Lipinski definition) is 1. The van der Waals surface area contributed by atoms with E-state index in [4.69, 9.17) is 0 Å². The lowest BCUT2D eigenvalue weighted by atomic mass is 9.98. The van der Waals surface area contributed by atoms with Gasteiger partial charge in [-0.3, -0.25) is 19.9 Å². The highest BCUT2D eigenvalue weighted by Gasteiger charge is 2.33. The first-order valence-corrected chi connectivity index (χ1v) is 7.38. The molecule has 1 aromatic carbocycles. The summed E-state index contributed by atoms with van der Waals surface area (Å²) in [4.78, 5) is 30.2. The Bertz CT molecular complexity index is 813. The van der Waals surface area contributed by atoms with Crippen LogP contribution in [0, 0.1) is 0 Å². The van der Waals surface area contributed by atoms with E-state index in [1.807, 2.05) is 30.3 Å². The molecule has 5 heteroatoms. The summed E-state index contributed by atoms with van der Waals surface area (Å²) in [6, 6.07) is 7.69. The van der Waals surface area contributed by atoms with Gasteiger partial charge in [0.2, 0.25) is 11.8 Å². The summed E-state index contributed by atoms with van der Waals surface area (Å²) in [5.41, 5.74) is 2.94. The van der Waals surface area contributed by atoms with Gasteiger partial charge >= 0.3 is 0 Å². The Balaban J connectivity index is 1.84. The normalized spacial score (nSPS) is 20.9. The van der Waals surface area contributed by atoms with E-state index in [-0.39, 0.29) is 17.9 Å². The topological polar surface area (TPSA) is 62.3 Å². The van der Waals surface area contributed by atoms with E-state index in [0.29, 0.717) is 19.4 Å². The minimum absolute atomic E-state index is 0.190. The Kier molecular flexibility index (Phi) is 2.92. The van der Waals surface area contributed by atoms with Crippen LogP contribution in [0.1, 0.15) is 18.4 Å². The van der Waals surface area contributed by atoms with Crippen LogP contribution in [-0.4, -0.2) is 29.4 Å². The zero-order chi connectivity index (χ0) is 15.1. The highest BCUT2D eigenvalue weighted by Crippen LogP contribution is 2.35. The number of carbonyl (C=O) groups is 2. The van der Waals surface area contributed by atoms with Gasteiger partial charge in [0.25, 0.3) is 0 Å². The second kappa shape index (κ2) is 4.94. The SMILES string of the molecule is O=C1CCC(N2CC=Cc3ccc4cccnc4c32)C(=O)N1. The van der Waals surface area contributed by atoms with E-state index in [0.717, 1.165) is 22.2 Å². The fourth-order valence-corrected chi connectivity index (χ4v) is 3.23. The van der Waals surface area contributed by atoms with Gasteiger partial charge in [0.1, 0.15) is 6.04 Å². The third kappa shape index (κ3) is 1.97. The fourth-order valence-electron chi connectivity index (χ4n) is 3.23. The Morgan fingerprint density at radius 2 is 2.14 bits per heavy atom. The molecule has 0 saturated carbocycles. The first-order valence-electron chi connectivity index (χ1n) is 7.38. The number of carbonyl (C=O) groups excluding carboxylic acids is 2. The van der Waals surface area contributed by atoms with E-state index in [1.54, 1.807) is 6.20 Å². The number of aromatic nitrogens is 1. The van der Waals surface area contributed by atoms with Crippen molar-refractivity contribution in [2.45, 2.75) is 18.9 Å². The van der Waals surface area contributed by atoms with Gasteiger partial charge in [-0.2, -0.15) is 0 Å². The fraction of sp³-hybridized carbons (Fsp3) is 0.235. The van der Waals surface area contributed by atoms with Crippen LogP contribution >= 0.6 is 0 Å². The maximum atomic E-state index is 12.2. The lowest BCUT2D eigenvalue weighted by Crippen LogP contribution is -2.53. The molecule has 1 atom stereocenters. The molecule has 0 bridgehead atoms. The summed E-state index contributed by atoms with van der Waals surface area (Å²) in [5, 5.41) is 3.49. The molecule has 5 nitrogen and oxygen atoms in total. The van der Waals surface area contributed by atoms with Crippen LogP contribution in [0.2, 0.25) is 0 Å². The van der Waals surface area contributed by atoms with E-state index < -0.39 is 0 Å². The molecule has 1 aromatic heterocycles. The molecule has 1 fully saturated rings. The summed E-state index contributed by atoms with van der Waals surface area (Å²) in [6.07, 6.45) is 6.79. The molecule has 0 spiro atoms. The molecule has 110 valence electrons. The highest BCUT2D eigenvalue weighted by molar-refractivity contribution is 6.04. The summed E-state index contributed by atoms with van der Waals surface area (Å²) < 4.78 is 0. The van der Waals surface area contributed by atoms with Crippen molar-refractivity contribution in [1.82, 2.24) is 10.3 Å². The number of amides is 2. The highest BCUT2D eigenvalue weighted by atomic mass is 16.2. The molecule has 2 aliphatic heterocycles. The van der Waals surface area contributed by atoms with Crippen LogP contribution in [0.4, 0.5) is 5.69 Å². The molecule has 2 amide bonds. The monoisotopic (exact) mass is 293 g/mol. The van der Waals surface area contributed by atoms with Gasteiger partial charge in [0, 0.05) is 24.5 Å². The maximum Gasteiger partial charge on any atom is 0.249 e. The van der Waals surface area contributed by atoms with Gasteiger partial charge in [-0.1, -0.05) is 30.4 Å².